The molecule has 1 rings (SSSR count). The van der Waals surface area contributed by atoms with E-state index in [0.717, 1.165) is 116 Å². The fourth-order valence-electron chi connectivity index (χ4n) is 7.98. The number of rotatable bonds is 47. The molecule has 6 unspecified atom stereocenters. The first-order valence-electron chi connectivity index (χ1n) is 28.9. The molecule has 3 N–H and O–H groups in total. The summed E-state index contributed by atoms with van der Waals surface area (Å²) in [7, 11) is 0. The molecule has 6 atom stereocenters. The molecule has 1 saturated heterocycles. The van der Waals surface area contributed by atoms with E-state index >= 15 is 0 Å². The van der Waals surface area contributed by atoms with Crippen LogP contribution < -0.4 is 0 Å². The number of carboxylic acid groups (broad SMARTS) is 1. The zero-order valence-electron chi connectivity index (χ0n) is 46.5. The Hall–Kier alpha value is -4.62. The monoisotopic (exact) mass is 1050 g/mol. The first kappa shape index (κ1) is 68.4. The molecule has 12 nitrogen and oxygen atoms in total. The molecule has 1 fully saturated rings. The highest BCUT2D eigenvalue weighted by molar-refractivity contribution is 5.74. The average Bonchev–Trinajstić information content (AvgIpc) is 3.39. The van der Waals surface area contributed by atoms with Crippen molar-refractivity contribution < 1.29 is 58.2 Å². The van der Waals surface area contributed by atoms with Crippen LogP contribution in [0.15, 0.2) is 109 Å². The lowest BCUT2D eigenvalue weighted by Crippen LogP contribution is -2.61. The Balaban J connectivity index is 2.69. The van der Waals surface area contributed by atoms with Crippen molar-refractivity contribution in [3.8, 4) is 0 Å². The van der Waals surface area contributed by atoms with Gasteiger partial charge in [0.25, 0.3) is 0 Å². The van der Waals surface area contributed by atoms with Gasteiger partial charge in [0.1, 0.15) is 18.8 Å². The Morgan fingerprint density at radius 3 is 1.32 bits per heavy atom. The predicted octanol–water partition coefficient (Wildman–Crippen LogP) is 14.7. The zero-order chi connectivity index (χ0) is 54.7. The Bertz CT molecular complexity index is 1720. The van der Waals surface area contributed by atoms with Crippen molar-refractivity contribution in [3.05, 3.63) is 109 Å². The molecule has 0 spiro atoms. The standard InChI is InChI=1S/C63H100O12/c1-4-7-10-13-16-19-21-23-25-27-28-30-32-34-36-39-42-45-48-51-57(66)74-61-59(68)58(67)60(62(69)70)75-63(61)72-53-54(73-56(65)50-47-44-41-37-18-15-12-9-6-3)52-71-55(64)49-46-43-40-38-35-33-31-29-26-24-22-20-17-14-11-8-5-2/h7-8,10-11,16-17,19-20,23-26,28,30-31,33,38,40,54,58-61,63,67-68H,4-6,9,12-15,18,21-22,27,29,32,34-37,39,41-53H2,1-3H3,(H,69,70)/b10-7-,11-8-,19-16-,20-17-,25-23-,26-24-,30-28-,33-31-,40-38-. The number of carboxylic acids is 1. The maximum Gasteiger partial charge on any atom is 0.335 e. The van der Waals surface area contributed by atoms with E-state index in [1.807, 2.05) is 6.08 Å². The van der Waals surface area contributed by atoms with Crippen LogP contribution >= 0.6 is 0 Å². The summed E-state index contributed by atoms with van der Waals surface area (Å²) in [5.41, 5.74) is 0. The van der Waals surface area contributed by atoms with E-state index in [1.165, 1.54) is 32.1 Å². The zero-order valence-corrected chi connectivity index (χ0v) is 46.5. The molecule has 12 heteroatoms. The minimum absolute atomic E-state index is 0.0342. The van der Waals surface area contributed by atoms with Crippen LogP contribution in [-0.2, 0) is 42.9 Å². The van der Waals surface area contributed by atoms with Crippen molar-refractivity contribution in [1.29, 1.82) is 0 Å². The molecule has 1 aliphatic heterocycles. The van der Waals surface area contributed by atoms with Crippen molar-refractivity contribution in [3.63, 3.8) is 0 Å². The van der Waals surface area contributed by atoms with Crippen LogP contribution in [0.5, 0.6) is 0 Å². The van der Waals surface area contributed by atoms with Crippen molar-refractivity contribution in [2.24, 2.45) is 0 Å². The highest BCUT2D eigenvalue weighted by atomic mass is 16.7. The van der Waals surface area contributed by atoms with Gasteiger partial charge in [-0.25, -0.2) is 4.79 Å². The normalized spacial score (nSPS) is 19.0. The third-order valence-electron chi connectivity index (χ3n) is 12.3. The maximum atomic E-state index is 13.1. The molecule has 1 heterocycles. The lowest BCUT2D eigenvalue weighted by atomic mass is 9.98. The first-order chi connectivity index (χ1) is 36.6. The molecule has 0 aliphatic carbocycles. The van der Waals surface area contributed by atoms with Gasteiger partial charge in [-0.3, -0.25) is 14.4 Å². The van der Waals surface area contributed by atoms with Crippen LogP contribution in [0.25, 0.3) is 0 Å². The fourth-order valence-corrected chi connectivity index (χ4v) is 7.98. The molecule has 0 radical (unpaired) electrons. The van der Waals surface area contributed by atoms with Crippen molar-refractivity contribution in [2.45, 2.75) is 250 Å². The van der Waals surface area contributed by atoms with Crippen LogP contribution in [0.2, 0.25) is 0 Å². The molecule has 1 aliphatic rings. The summed E-state index contributed by atoms with van der Waals surface area (Å²) in [6, 6.07) is 0. The molecular formula is C63H100O12. The third-order valence-corrected chi connectivity index (χ3v) is 12.3. The number of unbranched alkanes of at least 4 members (excludes halogenated alkanes) is 15. The Labute approximate surface area is 453 Å². The number of carbonyl (C=O) groups excluding carboxylic acids is 3. The average molecular weight is 1050 g/mol. The van der Waals surface area contributed by atoms with Gasteiger partial charge >= 0.3 is 23.9 Å². The first-order valence-corrected chi connectivity index (χ1v) is 28.9. The van der Waals surface area contributed by atoms with Gasteiger partial charge in [-0.05, 0) is 96.3 Å². The van der Waals surface area contributed by atoms with Gasteiger partial charge in [-0.1, -0.05) is 207 Å². The second kappa shape index (κ2) is 50.2. The summed E-state index contributed by atoms with van der Waals surface area (Å²) < 4.78 is 28.3. The van der Waals surface area contributed by atoms with Crippen LogP contribution in [-0.4, -0.2) is 89.2 Å². The molecule has 0 amide bonds. The second-order valence-corrected chi connectivity index (χ2v) is 19.2. The fraction of sp³-hybridized carbons (Fsp3) is 0.651. The molecule has 424 valence electrons. The maximum absolute atomic E-state index is 13.1. The van der Waals surface area contributed by atoms with Gasteiger partial charge in [-0.2, -0.15) is 0 Å². The van der Waals surface area contributed by atoms with Gasteiger partial charge in [0.15, 0.2) is 24.6 Å². The lowest BCUT2D eigenvalue weighted by Gasteiger charge is -2.40. The summed E-state index contributed by atoms with van der Waals surface area (Å²) >= 11 is 0. The number of carbonyl (C=O) groups is 4. The van der Waals surface area contributed by atoms with Crippen LogP contribution in [0.4, 0.5) is 0 Å². The number of aliphatic hydroxyl groups is 2. The van der Waals surface area contributed by atoms with Crippen LogP contribution in [0.3, 0.4) is 0 Å². The highest BCUT2D eigenvalue weighted by Gasteiger charge is 2.50. The van der Waals surface area contributed by atoms with E-state index in [9.17, 15) is 34.5 Å². The number of hydrogen-bond donors (Lipinski definition) is 3. The molecule has 0 bridgehead atoms. The number of aliphatic hydroxyl groups excluding tert-OH is 2. The number of allylic oxidation sites excluding steroid dienone is 18. The van der Waals surface area contributed by atoms with E-state index in [1.54, 1.807) is 0 Å². The quantitative estimate of drug-likeness (QED) is 0.0228. The second-order valence-electron chi connectivity index (χ2n) is 19.2. The Kier molecular flexibility index (Phi) is 45.8. The number of hydrogen-bond acceptors (Lipinski definition) is 11. The largest absolute Gasteiger partial charge is 0.479 e. The summed E-state index contributed by atoms with van der Waals surface area (Å²) in [4.78, 5) is 51.0. The minimum atomic E-state index is -1.92. The molecule has 0 aromatic rings. The SMILES string of the molecule is CC/C=C\C/C=C\C/C=C\C/C=C\C/C=C\CCCC(=O)OCC(COC1OC(C(=O)O)C(O)C(O)C1OC(=O)CCCCCCCC/C=C\C/C=C\C/C=C\C/C=C\CC)OC(=O)CCCCCCCCCCC. The highest BCUT2D eigenvalue weighted by Crippen LogP contribution is 2.26. The number of ether oxygens (including phenoxy) is 5. The number of esters is 3. The van der Waals surface area contributed by atoms with Gasteiger partial charge in [0, 0.05) is 19.3 Å². The van der Waals surface area contributed by atoms with E-state index in [4.69, 9.17) is 23.7 Å². The summed E-state index contributed by atoms with van der Waals surface area (Å²) in [6.45, 7) is 5.67. The summed E-state index contributed by atoms with van der Waals surface area (Å²) in [5, 5.41) is 31.4. The topological polar surface area (TPSA) is 175 Å². The lowest BCUT2D eigenvalue weighted by molar-refractivity contribution is -0.301. The van der Waals surface area contributed by atoms with E-state index in [-0.39, 0.29) is 25.9 Å². The summed E-state index contributed by atoms with van der Waals surface area (Å²) in [6.07, 6.45) is 55.0. The van der Waals surface area contributed by atoms with Gasteiger partial charge in [0.05, 0.1) is 6.61 Å². The molecule has 75 heavy (non-hydrogen) atoms. The molecule has 0 saturated carbocycles. The van der Waals surface area contributed by atoms with Crippen molar-refractivity contribution in [2.75, 3.05) is 13.2 Å². The van der Waals surface area contributed by atoms with Crippen molar-refractivity contribution >= 4 is 23.9 Å². The Morgan fingerprint density at radius 2 is 0.853 bits per heavy atom. The Morgan fingerprint density at radius 1 is 0.453 bits per heavy atom. The van der Waals surface area contributed by atoms with E-state index in [2.05, 4.69) is 124 Å². The van der Waals surface area contributed by atoms with Gasteiger partial charge in [-0.15, -0.1) is 0 Å². The van der Waals surface area contributed by atoms with Gasteiger partial charge in [0.2, 0.25) is 0 Å². The summed E-state index contributed by atoms with van der Waals surface area (Å²) in [5.74, 6) is -3.23. The number of aliphatic carboxylic acids is 1. The van der Waals surface area contributed by atoms with E-state index in [0.29, 0.717) is 25.7 Å². The van der Waals surface area contributed by atoms with Crippen LogP contribution in [0.1, 0.15) is 213 Å². The minimum Gasteiger partial charge on any atom is -0.479 e. The molecule has 0 aromatic heterocycles. The van der Waals surface area contributed by atoms with Gasteiger partial charge < -0.3 is 39.0 Å². The molecular weight excluding hydrogens is 949 g/mol. The van der Waals surface area contributed by atoms with Crippen LogP contribution in [0, 0.1) is 0 Å². The van der Waals surface area contributed by atoms with E-state index < -0.39 is 67.3 Å². The van der Waals surface area contributed by atoms with Crippen molar-refractivity contribution in [1.82, 2.24) is 0 Å². The predicted molar refractivity (Wildman–Crippen MR) is 303 cm³/mol. The molecule has 0 aromatic carbocycles. The smallest absolute Gasteiger partial charge is 0.335 e. The third kappa shape index (κ3) is 40.3.